The van der Waals surface area contributed by atoms with Crippen LogP contribution in [-0.2, 0) is 9.59 Å². The van der Waals surface area contributed by atoms with Crippen LogP contribution in [0.1, 0.15) is 45.4 Å². The Balaban J connectivity index is 4.19. The number of amides is 1. The van der Waals surface area contributed by atoms with Gasteiger partial charge in [0.05, 0.1) is 0 Å². The molecule has 0 bridgehead atoms. The summed E-state index contributed by atoms with van der Waals surface area (Å²) in [4.78, 5) is 21.5. The van der Waals surface area contributed by atoms with Crippen LogP contribution >= 0.6 is 0 Å². The summed E-state index contributed by atoms with van der Waals surface area (Å²) in [5, 5.41) is 8.97. The maximum absolute atomic E-state index is 11.0. The van der Waals surface area contributed by atoms with Crippen molar-refractivity contribution in [2.24, 2.45) is 11.5 Å². The summed E-state index contributed by atoms with van der Waals surface area (Å²) in [6.07, 6.45) is 3.24. The smallest absolute Gasteiger partial charge is 0.323 e. The van der Waals surface area contributed by atoms with E-state index >= 15 is 0 Å². The number of rotatable bonds is 8. The molecule has 0 heterocycles. The molecule has 0 aromatic rings. The number of unbranched alkanes of at least 4 members (excludes halogenated alkanes) is 2. The molecule has 1 unspecified atom stereocenters. The Bertz CT molecular complexity index is 231. The number of carbonyl (C=O) groups excluding carboxylic acids is 1. The molecule has 88 valence electrons. The summed E-state index contributed by atoms with van der Waals surface area (Å²) in [5.74, 6) is -1.57. The normalized spacial score (nSPS) is 14.5. The molecular formula is C10H20N2O3. The Labute approximate surface area is 89.8 Å². The number of aliphatic carboxylic acids is 1. The Kier molecular flexibility index (Phi) is 5.93. The quantitative estimate of drug-likeness (QED) is 0.517. The van der Waals surface area contributed by atoms with Crippen LogP contribution < -0.4 is 11.5 Å². The first-order chi connectivity index (χ1) is 6.92. The number of carboxylic acid groups (broad SMARTS) is 1. The van der Waals surface area contributed by atoms with Crippen molar-refractivity contribution < 1.29 is 14.7 Å². The molecule has 5 heteroatoms. The molecule has 0 aliphatic carbocycles. The van der Waals surface area contributed by atoms with Gasteiger partial charge in [-0.25, -0.2) is 0 Å². The fraction of sp³-hybridized carbons (Fsp3) is 0.800. The SMILES string of the molecule is CCCCCC(N)(CCC(N)=O)C(=O)O. The lowest BCUT2D eigenvalue weighted by Crippen LogP contribution is -2.48. The number of nitrogens with two attached hydrogens (primary N) is 2. The van der Waals surface area contributed by atoms with Crippen molar-refractivity contribution in [1.82, 2.24) is 0 Å². The van der Waals surface area contributed by atoms with E-state index in [0.29, 0.717) is 6.42 Å². The Morgan fingerprint density at radius 1 is 1.27 bits per heavy atom. The highest BCUT2D eigenvalue weighted by Crippen LogP contribution is 2.18. The molecule has 0 aliphatic rings. The van der Waals surface area contributed by atoms with E-state index in [9.17, 15) is 9.59 Å². The summed E-state index contributed by atoms with van der Waals surface area (Å²) in [7, 11) is 0. The van der Waals surface area contributed by atoms with Gasteiger partial charge in [-0.1, -0.05) is 26.2 Å². The molecule has 0 rings (SSSR count). The van der Waals surface area contributed by atoms with Gasteiger partial charge in [0.15, 0.2) is 0 Å². The maximum Gasteiger partial charge on any atom is 0.323 e. The van der Waals surface area contributed by atoms with E-state index in [1.165, 1.54) is 0 Å². The molecule has 0 aromatic heterocycles. The van der Waals surface area contributed by atoms with E-state index in [1.54, 1.807) is 0 Å². The Hall–Kier alpha value is -1.10. The van der Waals surface area contributed by atoms with Crippen LogP contribution in [0.15, 0.2) is 0 Å². The van der Waals surface area contributed by atoms with E-state index < -0.39 is 17.4 Å². The molecule has 0 saturated carbocycles. The molecule has 0 aliphatic heterocycles. The van der Waals surface area contributed by atoms with Crippen molar-refractivity contribution >= 4 is 11.9 Å². The van der Waals surface area contributed by atoms with E-state index in [-0.39, 0.29) is 12.8 Å². The van der Waals surface area contributed by atoms with Crippen LogP contribution in [0, 0.1) is 0 Å². The molecule has 15 heavy (non-hydrogen) atoms. The summed E-state index contributed by atoms with van der Waals surface area (Å²) in [6.45, 7) is 2.03. The third kappa shape index (κ3) is 5.37. The van der Waals surface area contributed by atoms with Crippen molar-refractivity contribution in [3.63, 3.8) is 0 Å². The topological polar surface area (TPSA) is 106 Å². The molecule has 0 saturated heterocycles. The summed E-state index contributed by atoms with van der Waals surface area (Å²) >= 11 is 0. The number of hydrogen-bond acceptors (Lipinski definition) is 3. The van der Waals surface area contributed by atoms with Gasteiger partial charge in [0.25, 0.3) is 0 Å². The van der Waals surface area contributed by atoms with Gasteiger partial charge in [-0.2, -0.15) is 0 Å². The Morgan fingerprint density at radius 3 is 2.27 bits per heavy atom. The summed E-state index contributed by atoms with van der Waals surface area (Å²) in [6, 6.07) is 0. The summed E-state index contributed by atoms with van der Waals surface area (Å²) in [5.41, 5.74) is 9.39. The van der Waals surface area contributed by atoms with Crippen LogP contribution in [-0.4, -0.2) is 22.5 Å². The third-order valence-electron chi connectivity index (χ3n) is 2.47. The largest absolute Gasteiger partial charge is 0.480 e. The van der Waals surface area contributed by atoms with Gasteiger partial charge < -0.3 is 16.6 Å². The zero-order valence-corrected chi connectivity index (χ0v) is 9.16. The predicted molar refractivity (Wildman–Crippen MR) is 57.1 cm³/mol. The molecule has 1 atom stereocenters. The highest BCUT2D eigenvalue weighted by molar-refractivity contribution is 5.80. The second kappa shape index (κ2) is 6.40. The minimum Gasteiger partial charge on any atom is -0.480 e. The highest BCUT2D eigenvalue weighted by Gasteiger charge is 2.33. The lowest BCUT2D eigenvalue weighted by atomic mass is 9.88. The van der Waals surface area contributed by atoms with E-state index in [0.717, 1.165) is 19.3 Å². The molecule has 0 fully saturated rings. The molecular weight excluding hydrogens is 196 g/mol. The first-order valence-electron chi connectivity index (χ1n) is 5.23. The molecule has 0 aromatic carbocycles. The van der Waals surface area contributed by atoms with Gasteiger partial charge in [0, 0.05) is 6.42 Å². The fourth-order valence-corrected chi connectivity index (χ4v) is 1.38. The van der Waals surface area contributed by atoms with Gasteiger partial charge >= 0.3 is 5.97 Å². The van der Waals surface area contributed by atoms with Gasteiger partial charge in [-0.3, -0.25) is 9.59 Å². The molecule has 5 N–H and O–H groups in total. The van der Waals surface area contributed by atoms with Crippen LogP contribution in [0.2, 0.25) is 0 Å². The molecule has 5 nitrogen and oxygen atoms in total. The van der Waals surface area contributed by atoms with Crippen molar-refractivity contribution in [2.75, 3.05) is 0 Å². The van der Waals surface area contributed by atoms with Gasteiger partial charge in [-0.05, 0) is 12.8 Å². The van der Waals surface area contributed by atoms with Crippen molar-refractivity contribution in [3.05, 3.63) is 0 Å². The summed E-state index contributed by atoms with van der Waals surface area (Å²) < 4.78 is 0. The van der Waals surface area contributed by atoms with Crippen molar-refractivity contribution in [1.29, 1.82) is 0 Å². The molecule has 1 amide bonds. The molecule has 0 spiro atoms. The predicted octanol–water partition coefficient (Wildman–Crippen LogP) is 0.614. The Morgan fingerprint density at radius 2 is 1.87 bits per heavy atom. The minimum absolute atomic E-state index is 0.0227. The number of hydrogen-bond donors (Lipinski definition) is 3. The fourth-order valence-electron chi connectivity index (χ4n) is 1.38. The maximum atomic E-state index is 11.0. The van der Waals surface area contributed by atoms with Crippen molar-refractivity contribution in [3.8, 4) is 0 Å². The second-order valence-electron chi connectivity index (χ2n) is 3.88. The minimum atomic E-state index is -1.30. The van der Waals surface area contributed by atoms with Crippen LogP contribution in [0.5, 0.6) is 0 Å². The van der Waals surface area contributed by atoms with Crippen LogP contribution in [0.3, 0.4) is 0 Å². The van der Waals surface area contributed by atoms with E-state index in [4.69, 9.17) is 16.6 Å². The third-order valence-corrected chi connectivity index (χ3v) is 2.47. The average Bonchev–Trinajstić information content (AvgIpc) is 2.15. The second-order valence-corrected chi connectivity index (χ2v) is 3.88. The standard InChI is InChI=1S/C10H20N2O3/c1-2-3-4-6-10(12,9(14)15)7-5-8(11)13/h2-7,12H2,1H3,(H2,11,13)(H,14,15). The van der Waals surface area contributed by atoms with Gasteiger partial charge in [0.1, 0.15) is 5.54 Å². The van der Waals surface area contributed by atoms with Gasteiger partial charge in [-0.15, -0.1) is 0 Å². The van der Waals surface area contributed by atoms with E-state index in [2.05, 4.69) is 0 Å². The first-order valence-corrected chi connectivity index (χ1v) is 5.23. The lowest BCUT2D eigenvalue weighted by Gasteiger charge is -2.23. The highest BCUT2D eigenvalue weighted by atomic mass is 16.4. The number of primary amides is 1. The zero-order chi connectivity index (χ0) is 11.9. The van der Waals surface area contributed by atoms with Gasteiger partial charge in [0.2, 0.25) is 5.91 Å². The van der Waals surface area contributed by atoms with Crippen LogP contribution in [0.4, 0.5) is 0 Å². The lowest BCUT2D eigenvalue weighted by molar-refractivity contribution is -0.144. The monoisotopic (exact) mass is 216 g/mol. The zero-order valence-electron chi connectivity index (χ0n) is 9.16. The van der Waals surface area contributed by atoms with Crippen LogP contribution in [0.25, 0.3) is 0 Å². The van der Waals surface area contributed by atoms with Crippen molar-refractivity contribution in [2.45, 2.75) is 51.0 Å². The average molecular weight is 216 g/mol. The molecule has 0 radical (unpaired) electrons. The number of carboxylic acids is 1. The first kappa shape index (κ1) is 13.9. The van der Waals surface area contributed by atoms with E-state index in [1.807, 2.05) is 6.92 Å². The number of carbonyl (C=O) groups is 2.